The van der Waals surface area contributed by atoms with Crippen molar-refractivity contribution in [3.63, 3.8) is 0 Å². The molecule has 1 aromatic carbocycles. The predicted octanol–water partition coefficient (Wildman–Crippen LogP) is 6.06. The summed E-state index contributed by atoms with van der Waals surface area (Å²) in [6, 6.07) is 15.9. The number of nitrogens with one attached hydrogen (secondary N) is 1. The number of benzene rings is 1. The third kappa shape index (κ3) is 3.88. The number of aryl methyl sites for hydroxylation is 2. The lowest BCUT2D eigenvalue weighted by atomic mass is 10.1. The van der Waals surface area contributed by atoms with Gasteiger partial charge in [-0.1, -0.05) is 36.8 Å². The van der Waals surface area contributed by atoms with Gasteiger partial charge in [-0.2, -0.15) is 0 Å². The van der Waals surface area contributed by atoms with Gasteiger partial charge in [-0.3, -0.25) is 4.79 Å². The Labute approximate surface area is 171 Å². The molecule has 0 spiro atoms. The summed E-state index contributed by atoms with van der Waals surface area (Å²) >= 11 is 3.10. The first-order valence-corrected chi connectivity index (χ1v) is 10.7. The van der Waals surface area contributed by atoms with Crippen molar-refractivity contribution >= 4 is 34.4 Å². The van der Waals surface area contributed by atoms with Crippen molar-refractivity contribution in [2.75, 3.05) is 5.32 Å². The lowest BCUT2D eigenvalue weighted by molar-refractivity contribution is 0.103. The van der Waals surface area contributed by atoms with Crippen molar-refractivity contribution in [3.8, 4) is 21.7 Å². The van der Waals surface area contributed by atoms with Gasteiger partial charge in [0.2, 0.25) is 0 Å². The fraction of sp³-hybridized carbons (Fsp3) is 0.136. The Bertz CT molecular complexity index is 1120. The van der Waals surface area contributed by atoms with Crippen LogP contribution in [0.4, 0.5) is 5.82 Å². The molecule has 3 aromatic heterocycles. The van der Waals surface area contributed by atoms with E-state index in [1.54, 1.807) is 23.6 Å². The first-order chi connectivity index (χ1) is 13.6. The topological polar surface area (TPSA) is 54.9 Å². The number of aromatic nitrogens is 2. The summed E-state index contributed by atoms with van der Waals surface area (Å²) in [5, 5.41) is 5.86. The minimum absolute atomic E-state index is 0.142. The van der Waals surface area contributed by atoms with E-state index in [0.29, 0.717) is 10.7 Å². The van der Waals surface area contributed by atoms with E-state index < -0.39 is 0 Å². The highest BCUT2D eigenvalue weighted by molar-refractivity contribution is 7.15. The molecule has 0 bridgehead atoms. The van der Waals surface area contributed by atoms with Gasteiger partial charge in [-0.25, -0.2) is 9.97 Å². The van der Waals surface area contributed by atoms with Crippen LogP contribution in [0.15, 0.2) is 60.1 Å². The van der Waals surface area contributed by atoms with Gasteiger partial charge in [0.1, 0.15) is 5.82 Å². The molecule has 4 nitrogen and oxygen atoms in total. The van der Waals surface area contributed by atoms with Gasteiger partial charge in [0, 0.05) is 11.8 Å². The third-order valence-electron chi connectivity index (χ3n) is 4.27. The molecule has 6 heteroatoms. The van der Waals surface area contributed by atoms with Gasteiger partial charge >= 0.3 is 0 Å². The SMILES string of the molecule is CCc1nc(-c2cccc(C)c2)c(-c2ccnc(NC(=O)c3cccs3)c2)s1. The largest absolute Gasteiger partial charge is 0.306 e. The number of rotatable bonds is 5. The summed E-state index contributed by atoms with van der Waals surface area (Å²) in [7, 11) is 0. The maximum Gasteiger partial charge on any atom is 0.266 e. The Morgan fingerprint density at radius 1 is 1.11 bits per heavy atom. The molecule has 140 valence electrons. The number of nitrogens with zero attached hydrogens (tertiary/aromatic N) is 2. The molecule has 0 aliphatic heterocycles. The highest BCUT2D eigenvalue weighted by Gasteiger charge is 2.16. The molecule has 3 heterocycles. The first kappa shape index (κ1) is 18.5. The molecule has 4 aromatic rings. The maximum atomic E-state index is 12.3. The zero-order chi connectivity index (χ0) is 19.5. The number of hydrogen-bond acceptors (Lipinski definition) is 5. The smallest absolute Gasteiger partial charge is 0.266 e. The molecular weight excluding hydrogens is 386 g/mol. The van der Waals surface area contributed by atoms with E-state index in [1.807, 2.05) is 23.6 Å². The van der Waals surface area contributed by atoms with Gasteiger partial charge in [-0.05, 0) is 48.6 Å². The molecule has 1 amide bonds. The molecule has 0 aliphatic rings. The summed E-state index contributed by atoms with van der Waals surface area (Å²) < 4.78 is 0. The first-order valence-electron chi connectivity index (χ1n) is 9.02. The molecule has 0 saturated heterocycles. The van der Waals surface area contributed by atoms with Crippen LogP contribution in [-0.2, 0) is 6.42 Å². The van der Waals surface area contributed by atoms with Gasteiger partial charge in [0.05, 0.1) is 20.5 Å². The molecule has 28 heavy (non-hydrogen) atoms. The normalized spacial score (nSPS) is 10.8. The molecule has 0 aliphatic carbocycles. The fourth-order valence-electron chi connectivity index (χ4n) is 2.93. The molecule has 4 rings (SSSR count). The Kier molecular flexibility index (Phi) is 5.32. The molecule has 0 atom stereocenters. The number of carbonyl (C=O) groups is 1. The van der Waals surface area contributed by atoms with E-state index in [0.717, 1.165) is 33.1 Å². The van der Waals surface area contributed by atoms with Crippen molar-refractivity contribution in [1.82, 2.24) is 9.97 Å². The van der Waals surface area contributed by atoms with Gasteiger partial charge in [-0.15, -0.1) is 22.7 Å². The molecule has 0 fully saturated rings. The van der Waals surface area contributed by atoms with Gasteiger partial charge < -0.3 is 5.32 Å². The van der Waals surface area contributed by atoms with Crippen LogP contribution in [0, 0.1) is 6.92 Å². The standard InChI is InChI=1S/C22H19N3OS2/c1-3-19-25-20(15-7-4-6-14(2)12-15)21(28-19)16-9-10-23-18(13-16)24-22(26)17-8-5-11-27-17/h4-13H,3H2,1-2H3,(H,23,24,26). The van der Waals surface area contributed by atoms with Gasteiger partial charge in [0.15, 0.2) is 0 Å². The molecule has 0 saturated carbocycles. The Balaban J connectivity index is 1.71. The number of hydrogen-bond donors (Lipinski definition) is 1. The number of amides is 1. The predicted molar refractivity (Wildman–Crippen MR) is 117 cm³/mol. The van der Waals surface area contributed by atoms with Crippen molar-refractivity contribution in [3.05, 3.63) is 75.6 Å². The Morgan fingerprint density at radius 2 is 2.00 bits per heavy atom. The maximum absolute atomic E-state index is 12.3. The van der Waals surface area contributed by atoms with Crippen LogP contribution in [0.1, 0.15) is 27.2 Å². The lowest BCUT2D eigenvalue weighted by Crippen LogP contribution is -2.11. The highest BCUT2D eigenvalue weighted by atomic mass is 32.1. The second-order valence-electron chi connectivity index (χ2n) is 6.37. The van der Waals surface area contributed by atoms with E-state index >= 15 is 0 Å². The monoisotopic (exact) mass is 405 g/mol. The van der Waals surface area contributed by atoms with Crippen LogP contribution in [0.5, 0.6) is 0 Å². The van der Waals surface area contributed by atoms with E-state index in [1.165, 1.54) is 16.9 Å². The van der Waals surface area contributed by atoms with Gasteiger partial charge in [0.25, 0.3) is 5.91 Å². The van der Waals surface area contributed by atoms with E-state index in [9.17, 15) is 4.79 Å². The summed E-state index contributed by atoms with van der Waals surface area (Å²) in [6.45, 7) is 4.20. The van der Waals surface area contributed by atoms with Crippen LogP contribution in [-0.4, -0.2) is 15.9 Å². The summed E-state index contributed by atoms with van der Waals surface area (Å²) in [4.78, 5) is 23.3. The number of thiophene rings is 1. The highest BCUT2D eigenvalue weighted by Crippen LogP contribution is 2.37. The Hall–Kier alpha value is -2.83. The average molecular weight is 406 g/mol. The molecule has 1 N–H and O–H groups in total. The van der Waals surface area contributed by atoms with Crippen molar-refractivity contribution < 1.29 is 4.79 Å². The fourth-order valence-corrected chi connectivity index (χ4v) is 4.57. The number of pyridine rings is 1. The quantitative estimate of drug-likeness (QED) is 0.439. The van der Waals surface area contributed by atoms with E-state index in [2.05, 4.69) is 48.4 Å². The van der Waals surface area contributed by atoms with E-state index in [-0.39, 0.29) is 5.91 Å². The van der Waals surface area contributed by atoms with Crippen LogP contribution >= 0.6 is 22.7 Å². The zero-order valence-corrected chi connectivity index (χ0v) is 17.2. The zero-order valence-electron chi connectivity index (χ0n) is 15.6. The number of anilines is 1. The van der Waals surface area contributed by atoms with Crippen LogP contribution in [0.2, 0.25) is 0 Å². The number of carbonyl (C=O) groups excluding carboxylic acids is 1. The van der Waals surface area contributed by atoms with Crippen LogP contribution in [0.3, 0.4) is 0 Å². The minimum Gasteiger partial charge on any atom is -0.306 e. The molecule has 0 unspecified atom stereocenters. The van der Waals surface area contributed by atoms with Crippen molar-refractivity contribution in [2.24, 2.45) is 0 Å². The van der Waals surface area contributed by atoms with Crippen LogP contribution in [0.25, 0.3) is 21.7 Å². The number of thiazole rings is 1. The lowest BCUT2D eigenvalue weighted by Gasteiger charge is -2.07. The van der Waals surface area contributed by atoms with Crippen molar-refractivity contribution in [1.29, 1.82) is 0 Å². The van der Waals surface area contributed by atoms with Crippen LogP contribution < -0.4 is 5.32 Å². The summed E-state index contributed by atoms with van der Waals surface area (Å²) in [5.41, 5.74) is 4.29. The third-order valence-corrected chi connectivity index (χ3v) is 6.39. The molecular formula is C22H19N3OS2. The summed E-state index contributed by atoms with van der Waals surface area (Å²) in [6.07, 6.45) is 2.61. The second-order valence-corrected chi connectivity index (χ2v) is 8.40. The average Bonchev–Trinajstić information content (AvgIpc) is 3.38. The van der Waals surface area contributed by atoms with E-state index in [4.69, 9.17) is 4.98 Å². The minimum atomic E-state index is -0.142. The van der Waals surface area contributed by atoms with Crippen molar-refractivity contribution in [2.45, 2.75) is 20.3 Å². The Morgan fingerprint density at radius 3 is 2.75 bits per heavy atom. The second kappa shape index (κ2) is 8.04. The summed E-state index contributed by atoms with van der Waals surface area (Å²) in [5.74, 6) is 0.398. The molecule has 0 radical (unpaired) electrons.